The minimum absolute atomic E-state index is 0.0849. The van der Waals surface area contributed by atoms with Gasteiger partial charge in [0.1, 0.15) is 0 Å². The van der Waals surface area contributed by atoms with Crippen molar-refractivity contribution in [1.29, 1.82) is 5.26 Å². The number of rotatable bonds is 7. The van der Waals surface area contributed by atoms with E-state index in [9.17, 15) is 9.59 Å². The van der Waals surface area contributed by atoms with Crippen molar-refractivity contribution in [1.82, 2.24) is 0 Å². The Morgan fingerprint density at radius 2 is 1.85 bits per heavy atom. The SMILES string of the molecule is CCc1ccc(NC(C)=O)cc1NC(=O)CSCc1ccc(C#N)cc1. The maximum atomic E-state index is 12.2. The minimum Gasteiger partial charge on any atom is -0.326 e. The van der Waals surface area contributed by atoms with E-state index < -0.39 is 0 Å². The lowest BCUT2D eigenvalue weighted by atomic mass is 10.1. The molecule has 2 amide bonds. The molecule has 0 radical (unpaired) electrons. The van der Waals surface area contributed by atoms with E-state index in [-0.39, 0.29) is 11.8 Å². The Morgan fingerprint density at radius 3 is 2.46 bits per heavy atom. The maximum absolute atomic E-state index is 12.2. The van der Waals surface area contributed by atoms with Crippen molar-refractivity contribution in [3.63, 3.8) is 0 Å². The fourth-order valence-electron chi connectivity index (χ4n) is 2.41. The second-order valence-corrected chi connectivity index (χ2v) is 6.74. The zero-order chi connectivity index (χ0) is 18.9. The summed E-state index contributed by atoms with van der Waals surface area (Å²) in [6, 6.07) is 14.9. The molecule has 0 bridgehead atoms. The molecular weight excluding hydrogens is 346 g/mol. The topological polar surface area (TPSA) is 82.0 Å². The molecule has 0 aliphatic rings. The third kappa shape index (κ3) is 5.94. The summed E-state index contributed by atoms with van der Waals surface area (Å²) in [6.07, 6.45) is 0.786. The Balaban J connectivity index is 1.91. The Kier molecular flexibility index (Phi) is 7.24. The summed E-state index contributed by atoms with van der Waals surface area (Å²) < 4.78 is 0. The molecule has 0 unspecified atom stereocenters. The van der Waals surface area contributed by atoms with Crippen LogP contribution >= 0.6 is 11.8 Å². The van der Waals surface area contributed by atoms with Gasteiger partial charge in [0.05, 0.1) is 17.4 Å². The van der Waals surface area contributed by atoms with Gasteiger partial charge >= 0.3 is 0 Å². The minimum atomic E-state index is -0.149. The van der Waals surface area contributed by atoms with Gasteiger partial charge in [-0.1, -0.05) is 25.1 Å². The van der Waals surface area contributed by atoms with Gasteiger partial charge in [-0.25, -0.2) is 0 Å². The molecule has 0 aliphatic carbocycles. The smallest absolute Gasteiger partial charge is 0.234 e. The number of hydrogen-bond donors (Lipinski definition) is 2. The number of carbonyl (C=O) groups excluding carboxylic acids is 2. The summed E-state index contributed by atoms with van der Waals surface area (Å²) in [5.74, 6) is 0.793. The van der Waals surface area contributed by atoms with Crippen molar-refractivity contribution in [2.45, 2.75) is 26.0 Å². The molecule has 0 aliphatic heterocycles. The largest absolute Gasteiger partial charge is 0.326 e. The second kappa shape index (κ2) is 9.64. The number of amides is 2. The molecular formula is C20H21N3O2S. The van der Waals surface area contributed by atoms with Crippen LogP contribution in [0.15, 0.2) is 42.5 Å². The number of benzene rings is 2. The number of hydrogen-bond acceptors (Lipinski definition) is 4. The molecule has 0 spiro atoms. The summed E-state index contributed by atoms with van der Waals surface area (Å²) in [5, 5.41) is 14.4. The first-order valence-corrected chi connectivity index (χ1v) is 9.44. The van der Waals surface area contributed by atoms with Crippen LogP contribution < -0.4 is 10.6 Å². The first-order valence-electron chi connectivity index (χ1n) is 8.29. The van der Waals surface area contributed by atoms with E-state index in [1.165, 1.54) is 18.7 Å². The van der Waals surface area contributed by atoms with Gasteiger partial charge in [-0.2, -0.15) is 5.26 Å². The van der Waals surface area contributed by atoms with E-state index in [2.05, 4.69) is 16.7 Å². The molecule has 0 saturated heterocycles. The highest BCUT2D eigenvalue weighted by molar-refractivity contribution is 7.99. The van der Waals surface area contributed by atoms with Gasteiger partial charge in [-0.05, 0) is 41.8 Å². The van der Waals surface area contributed by atoms with Gasteiger partial charge in [0.2, 0.25) is 11.8 Å². The monoisotopic (exact) mass is 367 g/mol. The average molecular weight is 367 g/mol. The zero-order valence-corrected chi connectivity index (χ0v) is 15.7. The van der Waals surface area contributed by atoms with E-state index in [0.717, 1.165) is 23.2 Å². The molecule has 26 heavy (non-hydrogen) atoms. The lowest BCUT2D eigenvalue weighted by Crippen LogP contribution is -2.16. The molecule has 2 N–H and O–H groups in total. The zero-order valence-electron chi connectivity index (χ0n) is 14.8. The van der Waals surface area contributed by atoms with Gasteiger partial charge in [-0.3, -0.25) is 9.59 Å². The van der Waals surface area contributed by atoms with Gasteiger partial charge in [0, 0.05) is 24.1 Å². The predicted octanol–water partition coefficient (Wildman–Crippen LogP) is 3.95. The molecule has 6 heteroatoms. The fourth-order valence-corrected chi connectivity index (χ4v) is 3.19. The fraction of sp³-hybridized carbons (Fsp3) is 0.250. The maximum Gasteiger partial charge on any atom is 0.234 e. The van der Waals surface area contributed by atoms with E-state index in [0.29, 0.717) is 22.8 Å². The first-order chi connectivity index (χ1) is 12.5. The molecule has 0 fully saturated rings. The lowest BCUT2D eigenvalue weighted by molar-refractivity contribution is -0.114. The number of nitrogens with one attached hydrogen (secondary N) is 2. The number of anilines is 2. The highest BCUT2D eigenvalue weighted by Crippen LogP contribution is 2.22. The van der Waals surface area contributed by atoms with Crippen LogP contribution in [-0.4, -0.2) is 17.6 Å². The van der Waals surface area contributed by atoms with E-state index in [1.807, 2.05) is 31.2 Å². The first kappa shape index (κ1) is 19.5. The summed E-state index contributed by atoms with van der Waals surface area (Å²) in [5.41, 5.74) is 4.11. The second-order valence-electron chi connectivity index (χ2n) is 5.76. The predicted molar refractivity (Wildman–Crippen MR) is 106 cm³/mol. The number of nitrogens with zero attached hydrogens (tertiary/aromatic N) is 1. The molecule has 2 aromatic carbocycles. The van der Waals surface area contributed by atoms with Crippen molar-refractivity contribution in [2.75, 3.05) is 16.4 Å². The van der Waals surface area contributed by atoms with Crippen LogP contribution in [0.4, 0.5) is 11.4 Å². The van der Waals surface area contributed by atoms with E-state index in [4.69, 9.17) is 5.26 Å². The quantitative estimate of drug-likeness (QED) is 0.776. The molecule has 2 rings (SSSR count). The van der Waals surface area contributed by atoms with Crippen LogP contribution in [-0.2, 0) is 21.8 Å². The number of nitriles is 1. The number of thioether (sulfide) groups is 1. The average Bonchev–Trinajstić information content (AvgIpc) is 2.62. The highest BCUT2D eigenvalue weighted by Gasteiger charge is 2.08. The molecule has 0 aromatic heterocycles. The Hall–Kier alpha value is -2.78. The Labute approximate surface area is 157 Å². The van der Waals surface area contributed by atoms with Crippen LogP contribution in [0, 0.1) is 11.3 Å². The van der Waals surface area contributed by atoms with Gasteiger partial charge in [0.15, 0.2) is 0 Å². The van der Waals surface area contributed by atoms with Crippen molar-refractivity contribution in [2.24, 2.45) is 0 Å². The van der Waals surface area contributed by atoms with Crippen molar-refractivity contribution in [3.05, 3.63) is 59.2 Å². The third-order valence-corrected chi connectivity index (χ3v) is 4.67. The molecule has 0 heterocycles. The molecule has 0 atom stereocenters. The summed E-state index contributed by atoms with van der Waals surface area (Å²) in [6.45, 7) is 3.47. The van der Waals surface area contributed by atoms with Crippen LogP contribution in [0.5, 0.6) is 0 Å². The summed E-state index contributed by atoms with van der Waals surface area (Å²) in [4.78, 5) is 23.4. The standard InChI is InChI=1S/C20H21N3O2S/c1-3-17-8-9-18(22-14(2)24)10-19(17)23-20(25)13-26-12-16-6-4-15(11-21)5-7-16/h4-10H,3,12-13H2,1-2H3,(H,22,24)(H,23,25). The van der Waals surface area contributed by atoms with Crippen molar-refractivity contribution in [3.8, 4) is 6.07 Å². The summed E-state index contributed by atoms with van der Waals surface area (Å²) in [7, 11) is 0. The van der Waals surface area contributed by atoms with Gasteiger partial charge in [0.25, 0.3) is 0 Å². The van der Waals surface area contributed by atoms with E-state index >= 15 is 0 Å². The molecule has 134 valence electrons. The van der Waals surface area contributed by atoms with Crippen LogP contribution in [0.1, 0.15) is 30.5 Å². The van der Waals surface area contributed by atoms with Crippen LogP contribution in [0.25, 0.3) is 0 Å². The Bertz CT molecular complexity index is 826. The molecule has 5 nitrogen and oxygen atoms in total. The van der Waals surface area contributed by atoms with Crippen molar-refractivity contribution < 1.29 is 9.59 Å². The lowest BCUT2D eigenvalue weighted by Gasteiger charge is -2.12. The molecule has 0 saturated carbocycles. The van der Waals surface area contributed by atoms with Crippen LogP contribution in [0.3, 0.4) is 0 Å². The van der Waals surface area contributed by atoms with E-state index in [1.54, 1.807) is 18.2 Å². The van der Waals surface area contributed by atoms with Gasteiger partial charge in [-0.15, -0.1) is 11.8 Å². The van der Waals surface area contributed by atoms with Crippen LogP contribution in [0.2, 0.25) is 0 Å². The number of carbonyl (C=O) groups is 2. The molecule has 2 aromatic rings. The number of aryl methyl sites for hydroxylation is 1. The normalized spacial score (nSPS) is 10.0. The summed E-state index contributed by atoms with van der Waals surface area (Å²) >= 11 is 1.51. The van der Waals surface area contributed by atoms with Crippen molar-refractivity contribution >= 4 is 35.0 Å². The highest BCUT2D eigenvalue weighted by atomic mass is 32.2. The Morgan fingerprint density at radius 1 is 1.12 bits per heavy atom. The third-order valence-electron chi connectivity index (χ3n) is 3.67. The van der Waals surface area contributed by atoms with Gasteiger partial charge < -0.3 is 10.6 Å².